The Morgan fingerprint density at radius 3 is 1.70 bits per heavy atom. The van der Waals surface area contributed by atoms with Crippen LogP contribution in [0.25, 0.3) is 0 Å². The maximum atomic E-state index is 6.39. The van der Waals surface area contributed by atoms with Gasteiger partial charge in [0, 0.05) is 12.8 Å². The zero-order valence-electron chi connectivity index (χ0n) is 12.7. The lowest BCUT2D eigenvalue weighted by atomic mass is 10.0. The zero-order valence-corrected chi connectivity index (χ0v) is 14.2. The molecule has 0 saturated heterocycles. The summed E-state index contributed by atoms with van der Waals surface area (Å²) < 4.78 is 12.7. The Balaban J connectivity index is 1.82. The molecule has 23 heavy (non-hydrogen) atoms. The molecule has 120 valence electrons. The smallest absolute Gasteiger partial charge is 0.141 e. The Kier molecular flexibility index (Phi) is 4.13. The van der Waals surface area contributed by atoms with Gasteiger partial charge in [-0.15, -0.1) is 0 Å². The molecule has 2 aliphatic rings. The maximum absolute atomic E-state index is 6.39. The second-order valence-electron chi connectivity index (χ2n) is 6.28. The van der Waals surface area contributed by atoms with Crippen LogP contribution in [0.2, 0.25) is 10.0 Å². The topological polar surface area (TPSA) is 18.5 Å². The Labute approximate surface area is 146 Å². The fourth-order valence-corrected chi connectivity index (χ4v) is 3.97. The van der Waals surface area contributed by atoms with Crippen LogP contribution in [-0.4, -0.2) is 12.2 Å². The molecule has 1 unspecified atom stereocenters. The molecular formula is C19H18Cl2O2. The van der Waals surface area contributed by atoms with Crippen molar-refractivity contribution in [3.8, 4) is 11.5 Å². The molecular weight excluding hydrogens is 331 g/mol. The normalized spacial score (nSPS) is 23.0. The van der Waals surface area contributed by atoms with Gasteiger partial charge in [0.15, 0.2) is 0 Å². The van der Waals surface area contributed by atoms with Gasteiger partial charge in [0.1, 0.15) is 23.7 Å². The first-order valence-corrected chi connectivity index (χ1v) is 8.84. The van der Waals surface area contributed by atoms with E-state index in [1.807, 2.05) is 24.3 Å². The molecule has 4 rings (SSSR count). The molecule has 0 amide bonds. The van der Waals surface area contributed by atoms with Crippen LogP contribution < -0.4 is 9.47 Å². The molecule has 0 aromatic heterocycles. The Bertz CT molecular complexity index is 668. The molecule has 0 saturated carbocycles. The quantitative estimate of drug-likeness (QED) is 0.628. The van der Waals surface area contributed by atoms with E-state index in [1.165, 1.54) is 0 Å². The van der Waals surface area contributed by atoms with E-state index in [9.17, 15) is 0 Å². The standard InChI is InChI=1S/C19H18Cl2O2/c20-16-8-1-4-12-10-14-6-3-7-15(22-18(12)16)11-13-5-2-9-17(21)19(13)23-14/h1-2,4-5,8-9,14-15H,3,6-7,10-11H2/t14-,15?/m1/s1. The summed E-state index contributed by atoms with van der Waals surface area (Å²) in [7, 11) is 0. The summed E-state index contributed by atoms with van der Waals surface area (Å²) in [6, 6.07) is 11.9. The Morgan fingerprint density at radius 2 is 1.22 bits per heavy atom. The van der Waals surface area contributed by atoms with Crippen LogP contribution in [-0.2, 0) is 12.8 Å². The number of benzene rings is 2. The van der Waals surface area contributed by atoms with Crippen molar-refractivity contribution in [1.82, 2.24) is 0 Å². The Hall–Kier alpha value is -1.38. The van der Waals surface area contributed by atoms with Crippen molar-refractivity contribution in [3.63, 3.8) is 0 Å². The fourth-order valence-electron chi connectivity index (χ4n) is 3.49. The van der Waals surface area contributed by atoms with Crippen LogP contribution in [0.4, 0.5) is 0 Å². The second-order valence-corrected chi connectivity index (χ2v) is 7.09. The van der Waals surface area contributed by atoms with Crippen LogP contribution in [0.3, 0.4) is 0 Å². The molecule has 0 N–H and O–H groups in total. The first-order valence-electron chi connectivity index (χ1n) is 8.09. The summed E-state index contributed by atoms with van der Waals surface area (Å²) in [6.45, 7) is 0. The molecule has 2 aromatic carbocycles. The van der Waals surface area contributed by atoms with Crippen LogP contribution in [0.15, 0.2) is 36.4 Å². The number of halogens is 2. The van der Waals surface area contributed by atoms with Crippen molar-refractivity contribution in [2.75, 3.05) is 0 Å². The summed E-state index contributed by atoms with van der Waals surface area (Å²) in [4.78, 5) is 0. The molecule has 0 spiro atoms. The minimum Gasteiger partial charge on any atom is -0.488 e. The highest BCUT2D eigenvalue weighted by Gasteiger charge is 2.27. The van der Waals surface area contributed by atoms with E-state index in [1.54, 1.807) is 0 Å². The van der Waals surface area contributed by atoms with E-state index < -0.39 is 0 Å². The lowest BCUT2D eigenvalue weighted by Crippen LogP contribution is -2.23. The first-order chi connectivity index (χ1) is 11.2. The highest BCUT2D eigenvalue weighted by molar-refractivity contribution is 6.32. The van der Waals surface area contributed by atoms with Crippen molar-refractivity contribution in [3.05, 3.63) is 57.6 Å². The number of fused-ring (bicyclic) bond motifs is 6. The summed E-state index contributed by atoms with van der Waals surface area (Å²) in [5.41, 5.74) is 2.23. The van der Waals surface area contributed by atoms with Gasteiger partial charge < -0.3 is 9.47 Å². The van der Waals surface area contributed by atoms with Gasteiger partial charge in [-0.2, -0.15) is 0 Å². The molecule has 0 fully saturated rings. The number of hydrogen-bond acceptors (Lipinski definition) is 2. The Morgan fingerprint density at radius 1 is 0.739 bits per heavy atom. The minimum atomic E-state index is 0.0892. The van der Waals surface area contributed by atoms with Gasteiger partial charge in [-0.05, 0) is 42.5 Å². The third-order valence-electron chi connectivity index (χ3n) is 4.61. The van der Waals surface area contributed by atoms with Gasteiger partial charge in [0.2, 0.25) is 0 Å². The second kappa shape index (κ2) is 6.26. The lowest BCUT2D eigenvalue weighted by Gasteiger charge is -2.25. The van der Waals surface area contributed by atoms with Crippen molar-refractivity contribution < 1.29 is 9.47 Å². The average molecular weight is 349 g/mol. The molecule has 0 radical (unpaired) electrons. The van der Waals surface area contributed by atoms with E-state index in [0.29, 0.717) is 10.0 Å². The van der Waals surface area contributed by atoms with E-state index in [-0.39, 0.29) is 12.2 Å². The van der Waals surface area contributed by atoms with Crippen LogP contribution >= 0.6 is 23.2 Å². The van der Waals surface area contributed by atoms with Crippen LogP contribution in [0, 0.1) is 0 Å². The van der Waals surface area contributed by atoms with E-state index in [2.05, 4.69) is 12.1 Å². The highest BCUT2D eigenvalue weighted by atomic mass is 35.5. The molecule has 2 bridgehead atoms. The summed E-state index contributed by atoms with van der Waals surface area (Å²) >= 11 is 12.8. The first kappa shape index (κ1) is 15.2. The van der Waals surface area contributed by atoms with Crippen molar-refractivity contribution in [2.45, 2.75) is 44.3 Å². The van der Waals surface area contributed by atoms with Gasteiger partial charge >= 0.3 is 0 Å². The summed E-state index contributed by atoms with van der Waals surface area (Å²) in [6.07, 6.45) is 4.82. The zero-order chi connectivity index (χ0) is 15.8. The van der Waals surface area contributed by atoms with Crippen molar-refractivity contribution >= 4 is 23.2 Å². The van der Waals surface area contributed by atoms with Crippen molar-refractivity contribution in [2.24, 2.45) is 0 Å². The highest BCUT2D eigenvalue weighted by Crippen LogP contribution is 2.38. The molecule has 2 heterocycles. The molecule has 2 aliphatic heterocycles. The predicted octanol–water partition coefficient (Wildman–Crippen LogP) is 5.47. The molecule has 2 aromatic rings. The molecule has 4 heteroatoms. The fraction of sp³-hybridized carbons (Fsp3) is 0.368. The SMILES string of the molecule is Clc1cccc2c1OC1CCC[C@H](C2)Oc2c(Cl)cccc2C1. The lowest BCUT2D eigenvalue weighted by molar-refractivity contribution is 0.188. The van der Waals surface area contributed by atoms with Gasteiger partial charge in [-0.25, -0.2) is 0 Å². The largest absolute Gasteiger partial charge is 0.488 e. The molecule has 2 atom stereocenters. The number of hydrogen-bond donors (Lipinski definition) is 0. The van der Waals surface area contributed by atoms with E-state index in [0.717, 1.165) is 54.7 Å². The van der Waals surface area contributed by atoms with Crippen LogP contribution in [0.1, 0.15) is 30.4 Å². The molecule has 2 nitrogen and oxygen atoms in total. The van der Waals surface area contributed by atoms with Gasteiger partial charge in [-0.1, -0.05) is 47.5 Å². The number of para-hydroxylation sites is 2. The van der Waals surface area contributed by atoms with E-state index in [4.69, 9.17) is 32.7 Å². The third kappa shape index (κ3) is 3.02. The van der Waals surface area contributed by atoms with E-state index >= 15 is 0 Å². The minimum absolute atomic E-state index is 0.0892. The van der Waals surface area contributed by atoms with Gasteiger partial charge in [0.05, 0.1) is 10.0 Å². The number of rotatable bonds is 0. The van der Waals surface area contributed by atoms with Gasteiger partial charge in [-0.3, -0.25) is 0 Å². The van der Waals surface area contributed by atoms with Gasteiger partial charge in [0.25, 0.3) is 0 Å². The number of ether oxygens (including phenoxy) is 2. The average Bonchev–Trinajstić information content (AvgIpc) is 2.66. The molecule has 0 aliphatic carbocycles. The van der Waals surface area contributed by atoms with Crippen molar-refractivity contribution in [1.29, 1.82) is 0 Å². The predicted molar refractivity (Wildman–Crippen MR) is 93.0 cm³/mol. The summed E-state index contributed by atoms with van der Waals surface area (Å²) in [5.74, 6) is 1.64. The van der Waals surface area contributed by atoms with Crippen LogP contribution in [0.5, 0.6) is 11.5 Å². The summed E-state index contributed by atoms with van der Waals surface area (Å²) in [5, 5.41) is 1.36. The monoisotopic (exact) mass is 348 g/mol. The third-order valence-corrected chi connectivity index (χ3v) is 5.21. The maximum Gasteiger partial charge on any atom is 0.141 e.